The molecule has 0 radical (unpaired) electrons. The fourth-order valence-corrected chi connectivity index (χ4v) is 2.08. The number of pyridine rings is 1. The molecule has 0 bridgehead atoms. The van der Waals surface area contributed by atoms with Gasteiger partial charge in [-0.2, -0.15) is 0 Å². The number of piperazine rings is 1. The highest BCUT2D eigenvalue weighted by molar-refractivity contribution is 5.29. The Kier molecular flexibility index (Phi) is 4.92. The lowest BCUT2D eigenvalue weighted by Crippen LogP contribution is -2.46. The second kappa shape index (κ2) is 6.68. The van der Waals surface area contributed by atoms with E-state index in [2.05, 4.69) is 27.1 Å². The molecule has 2 rings (SSSR count). The van der Waals surface area contributed by atoms with E-state index in [1.807, 2.05) is 18.3 Å². The highest BCUT2D eigenvalue weighted by Crippen LogP contribution is 2.01. The third-order valence-corrected chi connectivity index (χ3v) is 3.38. The van der Waals surface area contributed by atoms with Gasteiger partial charge in [0.25, 0.3) is 0 Å². The molecule has 1 aliphatic heterocycles. The molecule has 0 spiro atoms. The monoisotopic (exact) mass is 249 g/mol. The number of aromatic nitrogens is 1. The Morgan fingerprint density at radius 3 is 2.72 bits per heavy atom. The molecule has 0 amide bonds. The lowest BCUT2D eigenvalue weighted by Gasteiger charge is -2.32. The van der Waals surface area contributed by atoms with Crippen LogP contribution in [0.15, 0.2) is 18.3 Å². The first-order valence-electron chi connectivity index (χ1n) is 6.56. The summed E-state index contributed by atoms with van der Waals surface area (Å²) in [6.07, 6.45) is 1.83. The summed E-state index contributed by atoms with van der Waals surface area (Å²) in [4.78, 5) is 8.96. The van der Waals surface area contributed by atoms with Crippen molar-refractivity contribution in [2.75, 3.05) is 52.0 Å². The highest BCUT2D eigenvalue weighted by atomic mass is 15.2. The van der Waals surface area contributed by atoms with E-state index >= 15 is 0 Å². The van der Waals surface area contributed by atoms with Crippen LogP contribution in [0.4, 0.5) is 5.82 Å². The minimum atomic E-state index is 0.580. The molecule has 5 nitrogen and oxygen atoms in total. The Morgan fingerprint density at radius 2 is 2.06 bits per heavy atom. The summed E-state index contributed by atoms with van der Waals surface area (Å²) in [6.45, 7) is 7.73. The van der Waals surface area contributed by atoms with Crippen LogP contribution >= 0.6 is 0 Å². The summed E-state index contributed by atoms with van der Waals surface area (Å²) >= 11 is 0. The van der Waals surface area contributed by atoms with Gasteiger partial charge in [0, 0.05) is 52.0 Å². The zero-order chi connectivity index (χ0) is 12.8. The van der Waals surface area contributed by atoms with Crippen molar-refractivity contribution in [2.45, 2.75) is 6.54 Å². The zero-order valence-corrected chi connectivity index (χ0v) is 11.1. The van der Waals surface area contributed by atoms with Crippen molar-refractivity contribution in [3.05, 3.63) is 23.9 Å². The molecule has 0 aromatic carbocycles. The quantitative estimate of drug-likeness (QED) is 0.720. The van der Waals surface area contributed by atoms with Crippen molar-refractivity contribution < 1.29 is 0 Å². The van der Waals surface area contributed by atoms with Gasteiger partial charge in [0.2, 0.25) is 0 Å². The van der Waals surface area contributed by atoms with Crippen molar-refractivity contribution >= 4 is 5.82 Å². The van der Waals surface area contributed by atoms with Gasteiger partial charge >= 0.3 is 0 Å². The molecule has 1 aromatic heterocycles. The summed E-state index contributed by atoms with van der Waals surface area (Å²) in [5, 5.41) is 3.44. The van der Waals surface area contributed by atoms with Gasteiger partial charge in [-0.3, -0.25) is 4.90 Å². The predicted molar refractivity (Wildman–Crippen MR) is 74.3 cm³/mol. The minimum absolute atomic E-state index is 0.580. The lowest BCUT2D eigenvalue weighted by molar-refractivity contribution is 0.154. The number of anilines is 1. The topological polar surface area (TPSA) is 57.4 Å². The van der Waals surface area contributed by atoms with E-state index in [0.717, 1.165) is 19.6 Å². The summed E-state index contributed by atoms with van der Waals surface area (Å²) in [6, 6.07) is 3.86. The fraction of sp³-hybridized carbons (Fsp3) is 0.615. The van der Waals surface area contributed by atoms with Crippen LogP contribution in [-0.4, -0.2) is 61.1 Å². The van der Waals surface area contributed by atoms with Crippen molar-refractivity contribution in [1.29, 1.82) is 0 Å². The Balaban J connectivity index is 1.60. The summed E-state index contributed by atoms with van der Waals surface area (Å²) in [5.41, 5.74) is 6.73. The Hall–Kier alpha value is -1.17. The molecule has 1 fully saturated rings. The van der Waals surface area contributed by atoms with Crippen LogP contribution in [-0.2, 0) is 6.54 Å². The van der Waals surface area contributed by atoms with Gasteiger partial charge < -0.3 is 16.0 Å². The molecule has 100 valence electrons. The fourth-order valence-electron chi connectivity index (χ4n) is 2.08. The minimum Gasteiger partial charge on any atom is -0.384 e. The summed E-state index contributed by atoms with van der Waals surface area (Å²) in [5.74, 6) is 0.580. The van der Waals surface area contributed by atoms with Gasteiger partial charge in [-0.15, -0.1) is 0 Å². The number of likely N-dealkylation sites (N-methyl/N-ethyl adjacent to an activating group) is 1. The SMILES string of the molecule is CN1CCN(CCNCc2ccc(N)nc2)CC1. The Bertz CT molecular complexity index is 343. The van der Waals surface area contributed by atoms with E-state index in [1.165, 1.54) is 31.7 Å². The maximum Gasteiger partial charge on any atom is 0.123 e. The van der Waals surface area contributed by atoms with Gasteiger partial charge in [0.1, 0.15) is 5.82 Å². The molecule has 1 saturated heterocycles. The van der Waals surface area contributed by atoms with E-state index < -0.39 is 0 Å². The van der Waals surface area contributed by atoms with E-state index in [0.29, 0.717) is 5.82 Å². The number of nitrogens with zero attached hydrogens (tertiary/aromatic N) is 3. The highest BCUT2D eigenvalue weighted by Gasteiger charge is 2.12. The standard InChI is InChI=1S/C13H23N5/c1-17-6-8-18(9-7-17)5-4-15-10-12-2-3-13(14)16-11-12/h2-3,11,15H,4-10H2,1H3,(H2,14,16). The maximum atomic E-state index is 5.55. The van der Waals surface area contributed by atoms with E-state index in [4.69, 9.17) is 5.73 Å². The first-order valence-corrected chi connectivity index (χ1v) is 6.56. The molecule has 2 heterocycles. The molecule has 0 aliphatic carbocycles. The number of nitrogens with one attached hydrogen (secondary N) is 1. The summed E-state index contributed by atoms with van der Waals surface area (Å²) < 4.78 is 0. The zero-order valence-electron chi connectivity index (χ0n) is 11.1. The second-order valence-corrected chi connectivity index (χ2v) is 4.91. The molecule has 0 atom stereocenters. The Morgan fingerprint density at radius 1 is 1.28 bits per heavy atom. The van der Waals surface area contributed by atoms with E-state index in [9.17, 15) is 0 Å². The predicted octanol–water partition coefficient (Wildman–Crippen LogP) is 0.000800. The average Bonchev–Trinajstić information content (AvgIpc) is 2.39. The first-order chi connectivity index (χ1) is 8.74. The van der Waals surface area contributed by atoms with Crippen molar-refractivity contribution in [3.63, 3.8) is 0 Å². The van der Waals surface area contributed by atoms with Crippen LogP contribution in [0.2, 0.25) is 0 Å². The van der Waals surface area contributed by atoms with Crippen LogP contribution < -0.4 is 11.1 Å². The van der Waals surface area contributed by atoms with E-state index in [-0.39, 0.29) is 0 Å². The normalized spacial score (nSPS) is 18.1. The molecule has 0 unspecified atom stereocenters. The summed E-state index contributed by atoms with van der Waals surface area (Å²) in [7, 11) is 2.18. The molecule has 1 aromatic rings. The van der Waals surface area contributed by atoms with E-state index in [1.54, 1.807) is 0 Å². The van der Waals surface area contributed by atoms with Crippen molar-refractivity contribution in [1.82, 2.24) is 20.1 Å². The molecule has 1 aliphatic rings. The third kappa shape index (κ3) is 4.25. The third-order valence-electron chi connectivity index (χ3n) is 3.38. The van der Waals surface area contributed by atoms with Crippen LogP contribution in [0, 0.1) is 0 Å². The Labute approximate surface area is 109 Å². The van der Waals surface area contributed by atoms with Crippen LogP contribution in [0.3, 0.4) is 0 Å². The number of hydrogen-bond acceptors (Lipinski definition) is 5. The van der Waals surface area contributed by atoms with Gasteiger partial charge in [0.15, 0.2) is 0 Å². The lowest BCUT2D eigenvalue weighted by atomic mass is 10.3. The van der Waals surface area contributed by atoms with Gasteiger partial charge in [0.05, 0.1) is 0 Å². The second-order valence-electron chi connectivity index (χ2n) is 4.91. The molecular weight excluding hydrogens is 226 g/mol. The average molecular weight is 249 g/mol. The van der Waals surface area contributed by atoms with Gasteiger partial charge in [-0.25, -0.2) is 4.98 Å². The van der Waals surface area contributed by atoms with Crippen molar-refractivity contribution in [2.24, 2.45) is 0 Å². The largest absolute Gasteiger partial charge is 0.384 e. The number of hydrogen-bond donors (Lipinski definition) is 2. The van der Waals surface area contributed by atoms with Crippen LogP contribution in [0.25, 0.3) is 0 Å². The van der Waals surface area contributed by atoms with Crippen LogP contribution in [0.5, 0.6) is 0 Å². The molecule has 0 saturated carbocycles. The van der Waals surface area contributed by atoms with Crippen molar-refractivity contribution in [3.8, 4) is 0 Å². The van der Waals surface area contributed by atoms with Crippen LogP contribution in [0.1, 0.15) is 5.56 Å². The molecular formula is C13H23N5. The smallest absolute Gasteiger partial charge is 0.123 e. The van der Waals surface area contributed by atoms with Gasteiger partial charge in [-0.1, -0.05) is 6.07 Å². The number of nitrogens with two attached hydrogens (primary N) is 1. The molecule has 5 heteroatoms. The van der Waals surface area contributed by atoms with Gasteiger partial charge in [-0.05, 0) is 18.7 Å². The molecule has 3 N–H and O–H groups in total. The molecule has 18 heavy (non-hydrogen) atoms. The maximum absolute atomic E-state index is 5.55. The number of nitrogen functional groups attached to an aromatic ring is 1. The first kappa shape index (κ1) is 13.3. The number of rotatable bonds is 5.